The number of aliphatic hydroxyl groups excluding tert-OH is 1. The number of rotatable bonds is 7. The Kier molecular flexibility index (Phi) is 4.51. The number of hydrogen-bond acceptors (Lipinski definition) is 5. The van der Waals surface area contributed by atoms with Crippen LogP contribution in [-0.4, -0.2) is 47.7 Å². The van der Waals surface area contributed by atoms with Crippen LogP contribution in [0.15, 0.2) is 16.9 Å². The number of aromatic nitrogens is 2. The van der Waals surface area contributed by atoms with Gasteiger partial charge in [0, 0.05) is 25.1 Å². The highest BCUT2D eigenvalue weighted by Crippen LogP contribution is 2.44. The average molecular weight is 281 g/mol. The second kappa shape index (κ2) is 6.15. The van der Waals surface area contributed by atoms with Crippen LogP contribution in [0.1, 0.15) is 23.3 Å². The first kappa shape index (κ1) is 14.7. The zero-order valence-corrected chi connectivity index (χ0v) is 11.5. The van der Waals surface area contributed by atoms with E-state index in [1.807, 2.05) is 0 Å². The molecule has 0 aliphatic heterocycles. The minimum Gasteiger partial charge on any atom is -0.396 e. The molecule has 20 heavy (non-hydrogen) atoms. The Morgan fingerprint density at radius 2 is 2.30 bits per heavy atom. The number of hydrogen-bond donors (Lipinski definition) is 2. The monoisotopic (exact) mass is 281 g/mol. The van der Waals surface area contributed by atoms with E-state index in [0.29, 0.717) is 19.7 Å². The van der Waals surface area contributed by atoms with Gasteiger partial charge in [-0.3, -0.25) is 9.59 Å². The average Bonchev–Trinajstić information content (AvgIpc) is 3.24. The van der Waals surface area contributed by atoms with Crippen molar-refractivity contribution in [3.05, 3.63) is 28.2 Å². The van der Waals surface area contributed by atoms with Crippen molar-refractivity contribution < 1.29 is 14.6 Å². The fraction of sp³-hybridized carbons (Fsp3) is 0.615. The quantitative estimate of drug-likeness (QED) is 0.695. The van der Waals surface area contributed by atoms with E-state index in [-0.39, 0.29) is 29.2 Å². The van der Waals surface area contributed by atoms with E-state index in [4.69, 9.17) is 4.74 Å². The summed E-state index contributed by atoms with van der Waals surface area (Å²) in [4.78, 5) is 23.5. The molecule has 1 fully saturated rings. The van der Waals surface area contributed by atoms with Gasteiger partial charge in [-0.2, -0.15) is 5.10 Å². The van der Waals surface area contributed by atoms with E-state index in [1.165, 1.54) is 23.9 Å². The predicted octanol–water partition coefficient (Wildman–Crippen LogP) is -0.608. The first-order valence-electron chi connectivity index (χ1n) is 6.56. The van der Waals surface area contributed by atoms with Crippen molar-refractivity contribution in [2.75, 3.05) is 26.9 Å². The molecule has 1 aliphatic rings. The second-order valence-corrected chi connectivity index (χ2v) is 5.11. The van der Waals surface area contributed by atoms with Gasteiger partial charge in [0.15, 0.2) is 0 Å². The van der Waals surface area contributed by atoms with Gasteiger partial charge in [-0.15, -0.1) is 0 Å². The number of carbonyl (C=O) groups excluding carboxylic acids is 1. The van der Waals surface area contributed by atoms with E-state index in [2.05, 4.69) is 10.4 Å². The first-order chi connectivity index (χ1) is 9.60. The zero-order chi connectivity index (χ0) is 14.6. The van der Waals surface area contributed by atoms with E-state index in [9.17, 15) is 14.7 Å². The summed E-state index contributed by atoms with van der Waals surface area (Å²) in [6, 6.07) is 2.72. The third-order valence-corrected chi connectivity index (χ3v) is 3.52. The van der Waals surface area contributed by atoms with Crippen molar-refractivity contribution in [3.8, 4) is 0 Å². The lowest BCUT2D eigenvalue weighted by Crippen LogP contribution is -2.34. The molecule has 0 radical (unpaired) electrons. The lowest BCUT2D eigenvalue weighted by Gasteiger charge is -2.12. The minimum atomic E-state index is -0.337. The van der Waals surface area contributed by atoms with Gasteiger partial charge < -0.3 is 15.2 Å². The SMILES string of the molecule is COCCn1nc(C(=O)NCC2(CO)CC2)ccc1=O. The van der Waals surface area contributed by atoms with Crippen molar-refractivity contribution in [1.82, 2.24) is 15.1 Å². The van der Waals surface area contributed by atoms with Crippen LogP contribution in [0.4, 0.5) is 0 Å². The summed E-state index contributed by atoms with van der Waals surface area (Å²) < 4.78 is 6.09. The van der Waals surface area contributed by atoms with Crippen molar-refractivity contribution >= 4 is 5.91 Å². The highest BCUT2D eigenvalue weighted by atomic mass is 16.5. The van der Waals surface area contributed by atoms with Gasteiger partial charge in [0.05, 0.1) is 19.8 Å². The highest BCUT2D eigenvalue weighted by Gasteiger charge is 2.42. The number of nitrogens with zero attached hydrogens (tertiary/aromatic N) is 2. The number of amides is 1. The maximum atomic E-state index is 12.0. The van der Waals surface area contributed by atoms with Gasteiger partial charge in [-0.1, -0.05) is 0 Å². The molecule has 0 bridgehead atoms. The topological polar surface area (TPSA) is 93.5 Å². The van der Waals surface area contributed by atoms with Crippen molar-refractivity contribution in [1.29, 1.82) is 0 Å². The molecule has 1 heterocycles. The number of ether oxygens (including phenoxy) is 1. The summed E-state index contributed by atoms with van der Waals surface area (Å²) >= 11 is 0. The first-order valence-corrected chi connectivity index (χ1v) is 6.56. The van der Waals surface area contributed by atoms with Crippen LogP contribution in [0.2, 0.25) is 0 Å². The smallest absolute Gasteiger partial charge is 0.271 e. The van der Waals surface area contributed by atoms with Crippen LogP contribution >= 0.6 is 0 Å². The molecule has 1 saturated carbocycles. The summed E-state index contributed by atoms with van der Waals surface area (Å²) in [6.45, 7) is 1.16. The lowest BCUT2D eigenvalue weighted by atomic mass is 10.1. The Balaban J connectivity index is 2.00. The van der Waals surface area contributed by atoms with E-state index >= 15 is 0 Å². The van der Waals surface area contributed by atoms with Crippen LogP contribution in [0.5, 0.6) is 0 Å². The van der Waals surface area contributed by atoms with Gasteiger partial charge in [0.2, 0.25) is 0 Å². The predicted molar refractivity (Wildman–Crippen MR) is 71.5 cm³/mol. The zero-order valence-electron chi connectivity index (χ0n) is 11.5. The summed E-state index contributed by atoms with van der Waals surface area (Å²) in [5.41, 5.74) is -0.234. The molecule has 0 spiro atoms. The van der Waals surface area contributed by atoms with Gasteiger partial charge in [0.25, 0.3) is 11.5 Å². The molecular weight excluding hydrogens is 262 g/mol. The Labute approximate surface area is 116 Å². The fourth-order valence-electron chi connectivity index (χ4n) is 1.83. The van der Waals surface area contributed by atoms with Gasteiger partial charge in [-0.05, 0) is 18.9 Å². The molecule has 7 nitrogen and oxygen atoms in total. The largest absolute Gasteiger partial charge is 0.396 e. The minimum absolute atomic E-state index is 0.0774. The summed E-state index contributed by atoms with van der Waals surface area (Å²) in [7, 11) is 1.53. The molecule has 0 atom stereocenters. The van der Waals surface area contributed by atoms with E-state index < -0.39 is 0 Å². The standard InChI is InChI=1S/C13H19N3O4/c1-20-7-6-16-11(18)3-2-10(15-16)12(19)14-8-13(9-17)4-5-13/h2-3,17H,4-9H2,1H3,(H,14,19). The molecule has 0 saturated heterocycles. The van der Waals surface area contributed by atoms with Gasteiger partial charge >= 0.3 is 0 Å². The second-order valence-electron chi connectivity index (χ2n) is 5.11. The van der Waals surface area contributed by atoms with E-state index in [1.54, 1.807) is 0 Å². The normalized spacial score (nSPS) is 15.9. The van der Waals surface area contributed by atoms with Crippen LogP contribution in [0.25, 0.3) is 0 Å². The maximum absolute atomic E-state index is 12.0. The molecule has 1 aliphatic carbocycles. The third kappa shape index (κ3) is 3.43. The molecule has 0 aromatic carbocycles. The molecule has 7 heteroatoms. The Morgan fingerprint density at radius 3 is 2.90 bits per heavy atom. The molecule has 2 rings (SSSR count). The highest BCUT2D eigenvalue weighted by molar-refractivity contribution is 5.92. The molecule has 110 valence electrons. The van der Waals surface area contributed by atoms with E-state index in [0.717, 1.165) is 12.8 Å². The van der Waals surface area contributed by atoms with Crippen molar-refractivity contribution in [2.45, 2.75) is 19.4 Å². The summed E-state index contributed by atoms with van der Waals surface area (Å²) in [5, 5.41) is 15.9. The molecule has 2 N–H and O–H groups in total. The number of aliphatic hydroxyl groups is 1. The maximum Gasteiger partial charge on any atom is 0.271 e. The lowest BCUT2D eigenvalue weighted by molar-refractivity contribution is 0.0926. The Bertz CT molecular complexity index is 537. The van der Waals surface area contributed by atoms with Crippen LogP contribution in [-0.2, 0) is 11.3 Å². The molecule has 1 amide bonds. The Hall–Kier alpha value is -1.73. The van der Waals surface area contributed by atoms with Crippen molar-refractivity contribution in [3.63, 3.8) is 0 Å². The van der Waals surface area contributed by atoms with Crippen LogP contribution in [0, 0.1) is 5.41 Å². The van der Waals surface area contributed by atoms with Gasteiger partial charge in [0.1, 0.15) is 5.69 Å². The number of nitrogens with one attached hydrogen (secondary N) is 1. The number of methoxy groups -OCH3 is 1. The number of carbonyl (C=O) groups is 1. The summed E-state index contributed by atoms with van der Waals surface area (Å²) in [6.07, 6.45) is 1.84. The molecule has 0 unspecified atom stereocenters. The van der Waals surface area contributed by atoms with Gasteiger partial charge in [-0.25, -0.2) is 4.68 Å². The fourth-order valence-corrected chi connectivity index (χ4v) is 1.83. The molecular formula is C13H19N3O4. The molecule has 1 aromatic heterocycles. The third-order valence-electron chi connectivity index (χ3n) is 3.52. The van der Waals surface area contributed by atoms with Crippen molar-refractivity contribution in [2.24, 2.45) is 5.41 Å². The van der Waals surface area contributed by atoms with Crippen LogP contribution in [0.3, 0.4) is 0 Å². The summed E-state index contributed by atoms with van der Waals surface area (Å²) in [5.74, 6) is -0.337. The Morgan fingerprint density at radius 1 is 1.55 bits per heavy atom. The van der Waals surface area contributed by atoms with Crippen LogP contribution < -0.4 is 10.9 Å². The molecule has 1 aromatic rings.